The summed E-state index contributed by atoms with van der Waals surface area (Å²) >= 11 is 5.01. The van der Waals surface area contributed by atoms with E-state index >= 15 is 0 Å². The standard InChI is InChI=1S/C11H10N2O3S/c1-6(10(15)16)13-9(14)7-4-2-3-5-8(7)12-11(13)17/h2-6H,1H3,(H,12,17)(H,15,16)/t6-/m1/s1. The zero-order valence-electron chi connectivity index (χ0n) is 9.01. The molecule has 2 aromatic rings. The van der Waals surface area contributed by atoms with Gasteiger partial charge in [-0.25, -0.2) is 4.79 Å². The highest BCUT2D eigenvalue weighted by atomic mass is 32.1. The van der Waals surface area contributed by atoms with Crippen molar-refractivity contribution in [2.45, 2.75) is 13.0 Å². The zero-order valence-corrected chi connectivity index (χ0v) is 9.82. The molecule has 1 aromatic heterocycles. The summed E-state index contributed by atoms with van der Waals surface area (Å²) in [6, 6.07) is 5.86. The summed E-state index contributed by atoms with van der Waals surface area (Å²) < 4.78 is 1.18. The monoisotopic (exact) mass is 250 g/mol. The SMILES string of the molecule is C[C@H](C(=O)O)n1c(=S)[nH]c2ccccc2c1=O. The number of H-pyrrole nitrogens is 1. The Labute approximate surface area is 101 Å². The van der Waals surface area contributed by atoms with Crippen LogP contribution in [-0.4, -0.2) is 20.6 Å². The van der Waals surface area contributed by atoms with Crippen molar-refractivity contribution in [2.75, 3.05) is 0 Å². The van der Waals surface area contributed by atoms with Crippen LogP contribution in [0, 0.1) is 4.77 Å². The Bertz CT molecular complexity index is 702. The number of hydrogen-bond acceptors (Lipinski definition) is 3. The van der Waals surface area contributed by atoms with Crippen LogP contribution in [0.1, 0.15) is 13.0 Å². The number of aromatic nitrogens is 2. The number of rotatable bonds is 2. The molecule has 0 saturated carbocycles. The molecule has 1 aromatic carbocycles. The van der Waals surface area contributed by atoms with Gasteiger partial charge in [0.15, 0.2) is 4.77 Å². The molecule has 5 nitrogen and oxygen atoms in total. The molecule has 0 aliphatic heterocycles. The van der Waals surface area contributed by atoms with Crippen LogP contribution >= 0.6 is 12.2 Å². The first-order valence-electron chi connectivity index (χ1n) is 4.98. The smallest absolute Gasteiger partial charge is 0.326 e. The fraction of sp³-hybridized carbons (Fsp3) is 0.182. The number of fused-ring (bicyclic) bond motifs is 1. The van der Waals surface area contributed by atoms with E-state index in [1.807, 2.05) is 0 Å². The molecular weight excluding hydrogens is 240 g/mol. The highest BCUT2D eigenvalue weighted by Crippen LogP contribution is 2.09. The fourth-order valence-electron chi connectivity index (χ4n) is 1.64. The summed E-state index contributed by atoms with van der Waals surface area (Å²) in [7, 11) is 0. The van der Waals surface area contributed by atoms with Gasteiger partial charge < -0.3 is 10.1 Å². The van der Waals surface area contributed by atoms with E-state index < -0.39 is 12.0 Å². The molecule has 0 bridgehead atoms. The molecule has 0 saturated heterocycles. The molecule has 0 aliphatic carbocycles. The third-order valence-electron chi connectivity index (χ3n) is 2.58. The molecule has 2 rings (SSSR count). The first kappa shape index (κ1) is 11.5. The number of nitrogens with one attached hydrogen (secondary N) is 1. The molecule has 17 heavy (non-hydrogen) atoms. The average molecular weight is 250 g/mol. The van der Waals surface area contributed by atoms with Crippen LogP contribution in [0.25, 0.3) is 10.9 Å². The fourth-order valence-corrected chi connectivity index (χ4v) is 1.99. The van der Waals surface area contributed by atoms with Gasteiger partial charge in [0.1, 0.15) is 6.04 Å². The predicted molar refractivity (Wildman–Crippen MR) is 65.7 cm³/mol. The minimum absolute atomic E-state index is 0.114. The van der Waals surface area contributed by atoms with E-state index in [-0.39, 0.29) is 10.3 Å². The number of aromatic amines is 1. The second kappa shape index (κ2) is 4.14. The molecule has 2 N–H and O–H groups in total. The second-order valence-electron chi connectivity index (χ2n) is 3.67. The molecule has 6 heteroatoms. The van der Waals surface area contributed by atoms with E-state index in [2.05, 4.69) is 4.98 Å². The van der Waals surface area contributed by atoms with Crippen molar-refractivity contribution in [3.8, 4) is 0 Å². The summed E-state index contributed by atoms with van der Waals surface area (Å²) in [5.74, 6) is -1.10. The van der Waals surface area contributed by atoms with Crippen molar-refractivity contribution in [3.05, 3.63) is 39.4 Å². The number of para-hydroxylation sites is 1. The van der Waals surface area contributed by atoms with Crippen molar-refractivity contribution in [2.24, 2.45) is 0 Å². The molecule has 88 valence electrons. The van der Waals surface area contributed by atoms with Crippen LogP contribution in [0.3, 0.4) is 0 Å². The number of carboxylic acids is 1. The number of nitrogens with zero attached hydrogens (tertiary/aromatic N) is 1. The zero-order chi connectivity index (χ0) is 12.6. The molecule has 1 heterocycles. The van der Waals surface area contributed by atoms with Gasteiger partial charge in [0, 0.05) is 0 Å². The minimum Gasteiger partial charge on any atom is -0.480 e. The summed E-state index contributed by atoms with van der Waals surface area (Å²) in [6.07, 6.45) is 0. The molecule has 0 aliphatic rings. The Morgan fingerprint density at radius 1 is 1.47 bits per heavy atom. The van der Waals surface area contributed by atoms with Crippen LogP contribution in [-0.2, 0) is 4.79 Å². The predicted octanol–water partition coefficient (Wildman–Crippen LogP) is 1.70. The van der Waals surface area contributed by atoms with Gasteiger partial charge in [-0.15, -0.1) is 0 Å². The van der Waals surface area contributed by atoms with Gasteiger partial charge in [-0.3, -0.25) is 9.36 Å². The second-order valence-corrected chi connectivity index (χ2v) is 4.05. The maximum absolute atomic E-state index is 12.1. The molecule has 0 radical (unpaired) electrons. The topological polar surface area (TPSA) is 75.1 Å². The van der Waals surface area contributed by atoms with Crippen LogP contribution in [0.5, 0.6) is 0 Å². The van der Waals surface area contributed by atoms with Crippen LogP contribution in [0.4, 0.5) is 0 Å². The number of benzene rings is 1. The van der Waals surface area contributed by atoms with Gasteiger partial charge >= 0.3 is 5.97 Å². The molecule has 0 amide bonds. The lowest BCUT2D eigenvalue weighted by atomic mass is 10.2. The molecule has 0 unspecified atom stereocenters. The van der Waals surface area contributed by atoms with Gasteiger partial charge in [-0.05, 0) is 31.3 Å². The summed E-state index contributed by atoms with van der Waals surface area (Å²) in [6.45, 7) is 1.42. The Balaban J connectivity index is 2.86. The van der Waals surface area contributed by atoms with Gasteiger partial charge in [-0.1, -0.05) is 12.1 Å². The largest absolute Gasteiger partial charge is 0.480 e. The van der Waals surface area contributed by atoms with Gasteiger partial charge in [0.05, 0.1) is 10.9 Å². The van der Waals surface area contributed by atoms with Crippen LogP contribution in [0.2, 0.25) is 0 Å². The lowest BCUT2D eigenvalue weighted by molar-refractivity contribution is -0.140. The van der Waals surface area contributed by atoms with Crippen molar-refractivity contribution < 1.29 is 9.90 Å². The number of aliphatic carboxylic acids is 1. The minimum atomic E-state index is -1.10. The van der Waals surface area contributed by atoms with Crippen molar-refractivity contribution in [1.82, 2.24) is 9.55 Å². The van der Waals surface area contributed by atoms with Gasteiger partial charge in [-0.2, -0.15) is 0 Å². The molecule has 0 spiro atoms. The van der Waals surface area contributed by atoms with Crippen molar-refractivity contribution in [1.29, 1.82) is 0 Å². The highest BCUT2D eigenvalue weighted by Gasteiger charge is 2.17. The Hall–Kier alpha value is -1.95. The first-order valence-corrected chi connectivity index (χ1v) is 5.39. The summed E-state index contributed by atoms with van der Waals surface area (Å²) in [5.41, 5.74) is 0.218. The Morgan fingerprint density at radius 2 is 2.12 bits per heavy atom. The number of carbonyl (C=O) groups is 1. The molecular formula is C11H10N2O3S. The van der Waals surface area contributed by atoms with Crippen molar-refractivity contribution >= 4 is 29.1 Å². The quantitative estimate of drug-likeness (QED) is 0.795. The summed E-state index contributed by atoms with van der Waals surface area (Å²) in [5, 5.41) is 9.36. The van der Waals surface area contributed by atoms with Crippen molar-refractivity contribution in [3.63, 3.8) is 0 Å². The third kappa shape index (κ3) is 1.87. The number of carboxylic acid groups (broad SMARTS) is 1. The maximum atomic E-state index is 12.1. The van der Waals surface area contributed by atoms with E-state index in [1.54, 1.807) is 24.3 Å². The highest BCUT2D eigenvalue weighted by molar-refractivity contribution is 7.71. The normalized spacial score (nSPS) is 12.5. The Morgan fingerprint density at radius 3 is 2.76 bits per heavy atom. The third-order valence-corrected chi connectivity index (χ3v) is 2.88. The lowest BCUT2D eigenvalue weighted by Gasteiger charge is -2.11. The van der Waals surface area contributed by atoms with E-state index in [9.17, 15) is 9.59 Å². The van der Waals surface area contributed by atoms with E-state index in [0.29, 0.717) is 10.9 Å². The van der Waals surface area contributed by atoms with E-state index in [4.69, 9.17) is 17.3 Å². The lowest BCUT2D eigenvalue weighted by Crippen LogP contribution is -2.29. The maximum Gasteiger partial charge on any atom is 0.326 e. The number of hydrogen-bond donors (Lipinski definition) is 2. The Kier molecular flexibility index (Phi) is 2.81. The van der Waals surface area contributed by atoms with Crippen LogP contribution < -0.4 is 5.56 Å². The first-order chi connectivity index (χ1) is 8.02. The van der Waals surface area contributed by atoms with Gasteiger partial charge in [0.2, 0.25) is 0 Å². The molecule has 0 fully saturated rings. The summed E-state index contributed by atoms with van der Waals surface area (Å²) in [4.78, 5) is 25.9. The average Bonchev–Trinajstić information content (AvgIpc) is 2.28. The van der Waals surface area contributed by atoms with E-state index in [1.165, 1.54) is 6.92 Å². The van der Waals surface area contributed by atoms with Crippen LogP contribution in [0.15, 0.2) is 29.1 Å². The van der Waals surface area contributed by atoms with E-state index in [0.717, 1.165) is 4.57 Å². The van der Waals surface area contributed by atoms with Gasteiger partial charge in [0.25, 0.3) is 5.56 Å². The molecule has 1 atom stereocenters.